The van der Waals surface area contributed by atoms with Crippen molar-refractivity contribution in [1.82, 2.24) is 9.88 Å². The second kappa shape index (κ2) is 11.9. The first-order valence-corrected chi connectivity index (χ1v) is 13.1. The van der Waals surface area contributed by atoms with Crippen LogP contribution in [0.2, 0.25) is 0 Å². The van der Waals surface area contributed by atoms with Gasteiger partial charge in [-0.3, -0.25) is 14.7 Å². The number of rotatable bonds is 9. The third-order valence-corrected chi connectivity index (χ3v) is 6.82. The predicted molar refractivity (Wildman–Crippen MR) is 155 cm³/mol. The minimum atomic E-state index is -2.65. The van der Waals surface area contributed by atoms with E-state index in [9.17, 15) is 18.0 Å². The van der Waals surface area contributed by atoms with Crippen molar-refractivity contribution in [3.63, 3.8) is 0 Å². The number of benzene rings is 3. The number of nitrogens with one attached hydrogen (secondary N) is 2. The maximum Gasteiger partial charge on any atom is 0.261 e. The molecule has 5 rings (SSSR count). The summed E-state index contributed by atoms with van der Waals surface area (Å²) in [5.41, 5.74) is 4.57. The minimum Gasteiger partial charge on any atom is -0.457 e. The first kappa shape index (κ1) is 27.9. The monoisotopic (exact) mass is 558 g/mol. The second-order valence-corrected chi connectivity index (χ2v) is 9.93. The standard InChI is InChI=1S/C32H29F3N4O2/c1-21(31(40)38-26-7-9-27(10-8-26)41-28-5-3-4-25(33)16-28)29-15-23(6-11-30(29)36-2)24-14-22(17-37-18-24)19-39-13-12-32(34,35)20-39/h3-11,14-18,36H,1,12-13,19-20H2,2H3,(H,38,40). The van der Waals surface area contributed by atoms with Crippen molar-refractivity contribution in [3.05, 3.63) is 109 Å². The SMILES string of the molecule is C=C(C(=O)Nc1ccc(Oc2cccc(F)c2)cc1)c1cc(-c2cncc(CN3CCC(F)(F)C3)c2)ccc1NC. The fourth-order valence-corrected chi connectivity index (χ4v) is 4.73. The molecule has 0 atom stereocenters. The van der Waals surface area contributed by atoms with Crippen molar-refractivity contribution in [1.29, 1.82) is 0 Å². The molecule has 9 heteroatoms. The van der Waals surface area contributed by atoms with Gasteiger partial charge in [-0.25, -0.2) is 13.2 Å². The Balaban J connectivity index is 1.29. The van der Waals surface area contributed by atoms with Crippen molar-refractivity contribution >= 4 is 22.9 Å². The zero-order chi connectivity index (χ0) is 29.0. The number of carbonyl (C=O) groups excluding carboxylic acids is 1. The third-order valence-electron chi connectivity index (χ3n) is 6.82. The smallest absolute Gasteiger partial charge is 0.261 e. The van der Waals surface area contributed by atoms with Crippen LogP contribution >= 0.6 is 0 Å². The van der Waals surface area contributed by atoms with Gasteiger partial charge in [0.05, 0.1) is 6.54 Å². The Hall–Kier alpha value is -4.63. The van der Waals surface area contributed by atoms with Crippen LogP contribution in [-0.2, 0) is 11.3 Å². The van der Waals surface area contributed by atoms with Crippen LogP contribution in [0.15, 0.2) is 91.8 Å². The number of hydrogen-bond donors (Lipinski definition) is 2. The van der Waals surface area contributed by atoms with Crippen LogP contribution in [0, 0.1) is 5.82 Å². The van der Waals surface area contributed by atoms with Gasteiger partial charge in [0.25, 0.3) is 11.8 Å². The minimum absolute atomic E-state index is 0.133. The van der Waals surface area contributed by atoms with Gasteiger partial charge in [-0.1, -0.05) is 18.7 Å². The number of aromatic nitrogens is 1. The van der Waals surface area contributed by atoms with E-state index in [0.717, 1.165) is 22.4 Å². The summed E-state index contributed by atoms with van der Waals surface area (Å²) in [5, 5.41) is 5.94. The van der Waals surface area contributed by atoms with Crippen molar-refractivity contribution < 1.29 is 22.7 Å². The van der Waals surface area contributed by atoms with Crippen molar-refractivity contribution in [2.24, 2.45) is 0 Å². The molecule has 1 aromatic heterocycles. The van der Waals surface area contributed by atoms with Crippen molar-refractivity contribution in [2.75, 3.05) is 30.8 Å². The van der Waals surface area contributed by atoms with Crippen LogP contribution in [0.1, 0.15) is 17.5 Å². The fourth-order valence-electron chi connectivity index (χ4n) is 4.73. The Morgan fingerprint density at radius 3 is 2.54 bits per heavy atom. The van der Waals surface area contributed by atoms with Gasteiger partial charge >= 0.3 is 0 Å². The summed E-state index contributed by atoms with van der Waals surface area (Å²) < 4.78 is 46.3. The normalized spacial score (nSPS) is 14.4. The molecule has 0 radical (unpaired) electrons. The van der Waals surface area contributed by atoms with Gasteiger partial charge in [0.1, 0.15) is 17.3 Å². The summed E-state index contributed by atoms with van der Waals surface area (Å²) in [6.07, 6.45) is 3.26. The second-order valence-electron chi connectivity index (χ2n) is 9.93. The highest BCUT2D eigenvalue weighted by Crippen LogP contribution is 2.32. The van der Waals surface area contributed by atoms with Crippen molar-refractivity contribution in [3.8, 4) is 22.6 Å². The molecule has 2 N–H and O–H groups in total. The quantitative estimate of drug-likeness (QED) is 0.213. The molecule has 0 spiro atoms. The lowest BCUT2D eigenvalue weighted by Gasteiger charge is -2.17. The highest BCUT2D eigenvalue weighted by atomic mass is 19.3. The molecule has 0 saturated carbocycles. The number of anilines is 2. The third kappa shape index (κ3) is 6.93. The summed E-state index contributed by atoms with van der Waals surface area (Å²) in [5.74, 6) is -2.57. The van der Waals surface area contributed by atoms with E-state index in [2.05, 4.69) is 22.2 Å². The molecule has 1 amide bonds. The number of halogens is 3. The predicted octanol–water partition coefficient (Wildman–Crippen LogP) is 7.21. The van der Waals surface area contributed by atoms with Crippen molar-refractivity contribution in [2.45, 2.75) is 18.9 Å². The number of nitrogens with zero attached hydrogens (tertiary/aromatic N) is 2. The number of pyridine rings is 1. The van der Waals surface area contributed by atoms with E-state index in [1.165, 1.54) is 12.1 Å². The van der Waals surface area contributed by atoms with E-state index < -0.39 is 11.7 Å². The molecule has 6 nitrogen and oxygen atoms in total. The Morgan fingerprint density at radius 2 is 1.83 bits per heavy atom. The van der Waals surface area contributed by atoms with Gasteiger partial charge in [0.15, 0.2) is 0 Å². The number of likely N-dealkylation sites (tertiary alicyclic amines) is 1. The number of hydrogen-bond acceptors (Lipinski definition) is 5. The highest BCUT2D eigenvalue weighted by Gasteiger charge is 2.37. The number of alkyl halides is 2. The Bertz CT molecular complexity index is 1570. The Morgan fingerprint density at radius 1 is 1.02 bits per heavy atom. The van der Waals surface area contributed by atoms with Crippen LogP contribution in [-0.4, -0.2) is 41.9 Å². The number of carbonyl (C=O) groups is 1. The van der Waals surface area contributed by atoms with Gasteiger partial charge in [0, 0.05) is 73.1 Å². The van der Waals surface area contributed by atoms with Gasteiger partial charge in [-0.05, 0) is 65.7 Å². The van der Waals surface area contributed by atoms with Crippen LogP contribution in [0.3, 0.4) is 0 Å². The van der Waals surface area contributed by atoms with E-state index in [-0.39, 0.29) is 24.4 Å². The molecule has 1 fully saturated rings. The van der Waals surface area contributed by atoms with Gasteiger partial charge in [-0.15, -0.1) is 0 Å². The van der Waals surface area contributed by atoms with E-state index in [4.69, 9.17) is 4.74 Å². The van der Waals surface area contributed by atoms with Crippen LogP contribution in [0.4, 0.5) is 24.5 Å². The topological polar surface area (TPSA) is 66.5 Å². The average Bonchev–Trinajstić information content (AvgIpc) is 3.31. The zero-order valence-corrected chi connectivity index (χ0v) is 22.5. The lowest BCUT2D eigenvalue weighted by molar-refractivity contribution is -0.111. The molecule has 41 heavy (non-hydrogen) atoms. The molecule has 1 aliphatic heterocycles. The zero-order valence-electron chi connectivity index (χ0n) is 22.5. The maximum absolute atomic E-state index is 13.6. The summed E-state index contributed by atoms with van der Waals surface area (Å²) in [7, 11) is 1.76. The van der Waals surface area contributed by atoms with Crippen LogP contribution < -0.4 is 15.4 Å². The summed E-state index contributed by atoms with van der Waals surface area (Å²) in [6, 6.07) is 20.1. The van der Waals surface area contributed by atoms with E-state index in [1.807, 2.05) is 24.3 Å². The molecule has 210 valence electrons. The highest BCUT2D eigenvalue weighted by molar-refractivity contribution is 6.25. The Kier molecular flexibility index (Phi) is 8.07. The maximum atomic E-state index is 13.6. The number of amides is 1. The molecular weight excluding hydrogens is 529 g/mol. The lowest BCUT2D eigenvalue weighted by Crippen LogP contribution is -2.24. The molecule has 1 aliphatic rings. The average molecular weight is 559 g/mol. The largest absolute Gasteiger partial charge is 0.457 e. The molecule has 4 aromatic rings. The van der Waals surface area contributed by atoms with E-state index in [0.29, 0.717) is 35.8 Å². The van der Waals surface area contributed by atoms with Crippen LogP contribution in [0.25, 0.3) is 16.7 Å². The van der Waals surface area contributed by atoms with E-state index >= 15 is 0 Å². The van der Waals surface area contributed by atoms with Gasteiger partial charge in [0.2, 0.25) is 0 Å². The van der Waals surface area contributed by atoms with Crippen LogP contribution in [0.5, 0.6) is 11.5 Å². The molecule has 1 saturated heterocycles. The lowest BCUT2D eigenvalue weighted by atomic mass is 9.97. The van der Waals surface area contributed by atoms with E-state index in [1.54, 1.807) is 60.7 Å². The molecule has 2 heterocycles. The van der Waals surface area contributed by atoms with Gasteiger partial charge < -0.3 is 15.4 Å². The first-order valence-electron chi connectivity index (χ1n) is 13.1. The Labute approximate surface area is 236 Å². The molecule has 0 aliphatic carbocycles. The number of ether oxygens (including phenoxy) is 1. The molecule has 3 aromatic carbocycles. The summed E-state index contributed by atoms with van der Waals surface area (Å²) in [6.45, 7) is 4.52. The summed E-state index contributed by atoms with van der Waals surface area (Å²) >= 11 is 0. The summed E-state index contributed by atoms with van der Waals surface area (Å²) in [4.78, 5) is 19.2. The fraction of sp³-hybridized carbons (Fsp3) is 0.188. The molecule has 0 bridgehead atoms. The van der Waals surface area contributed by atoms with Gasteiger partial charge in [-0.2, -0.15) is 0 Å². The molecular formula is C32H29F3N4O2. The first-order chi connectivity index (χ1) is 19.7. The molecule has 0 unspecified atom stereocenters.